The molecule has 3 aromatic rings. The lowest BCUT2D eigenvalue weighted by Gasteiger charge is -2.22. The number of esters is 1. The van der Waals surface area contributed by atoms with Crippen LogP contribution in [0.2, 0.25) is 0 Å². The van der Waals surface area contributed by atoms with Gasteiger partial charge in [-0.25, -0.2) is 4.79 Å². The number of rotatable bonds is 12. The Labute approximate surface area is 239 Å². The molecule has 1 heterocycles. The van der Waals surface area contributed by atoms with Crippen LogP contribution in [0, 0.1) is 0 Å². The molecule has 0 N–H and O–H groups in total. The van der Waals surface area contributed by atoms with Crippen LogP contribution >= 0.6 is 0 Å². The van der Waals surface area contributed by atoms with Gasteiger partial charge in [-0.1, -0.05) is 37.6 Å². The third kappa shape index (κ3) is 5.89. The highest BCUT2D eigenvalue weighted by Gasteiger charge is 2.37. The lowest BCUT2D eigenvalue weighted by Crippen LogP contribution is -2.34. The van der Waals surface area contributed by atoms with Gasteiger partial charge in [-0.2, -0.15) is 0 Å². The van der Waals surface area contributed by atoms with E-state index in [0.717, 1.165) is 6.42 Å². The van der Waals surface area contributed by atoms with Gasteiger partial charge in [0, 0.05) is 5.57 Å². The highest BCUT2D eigenvalue weighted by molar-refractivity contribution is 6.52. The van der Waals surface area contributed by atoms with Gasteiger partial charge in [0.05, 0.1) is 58.4 Å². The number of unbranched alkanes of at least 4 members (excludes halogenated alkanes) is 1. The van der Waals surface area contributed by atoms with Crippen LogP contribution in [0.3, 0.4) is 0 Å². The zero-order valence-corrected chi connectivity index (χ0v) is 23.8. The maximum absolute atomic E-state index is 13.8. The number of ketones is 1. The quantitative estimate of drug-likeness (QED) is 0.131. The maximum atomic E-state index is 13.8. The van der Waals surface area contributed by atoms with Gasteiger partial charge in [-0.3, -0.25) is 9.59 Å². The van der Waals surface area contributed by atoms with Crippen molar-refractivity contribution >= 4 is 28.9 Å². The number of ether oxygens (including phenoxy) is 5. The summed E-state index contributed by atoms with van der Waals surface area (Å²) in [6.07, 6.45) is 1.50. The molecule has 0 saturated carbocycles. The predicted molar refractivity (Wildman–Crippen MR) is 154 cm³/mol. The molecule has 0 aromatic heterocycles. The SMILES string of the molecule is CCCCOC(=O)C(CN1C(=O)C(=O)c2ccccc21)=C(c1ccc(OC)c(OC)c1)c1ccc(OC)c(OC)c1. The van der Waals surface area contributed by atoms with Gasteiger partial charge in [-0.05, 0) is 53.9 Å². The highest BCUT2D eigenvalue weighted by Crippen LogP contribution is 2.39. The Morgan fingerprint density at radius 1 is 0.756 bits per heavy atom. The summed E-state index contributed by atoms with van der Waals surface area (Å²) in [4.78, 5) is 41.1. The van der Waals surface area contributed by atoms with Crippen molar-refractivity contribution in [1.82, 2.24) is 0 Å². The third-order valence-electron chi connectivity index (χ3n) is 6.82. The van der Waals surface area contributed by atoms with Crippen LogP contribution in [0.5, 0.6) is 23.0 Å². The van der Waals surface area contributed by atoms with Crippen LogP contribution < -0.4 is 23.8 Å². The van der Waals surface area contributed by atoms with E-state index in [0.29, 0.717) is 51.8 Å². The van der Waals surface area contributed by atoms with Crippen LogP contribution in [0.4, 0.5) is 5.69 Å². The minimum Gasteiger partial charge on any atom is -0.493 e. The molecule has 0 saturated heterocycles. The van der Waals surface area contributed by atoms with Crippen LogP contribution in [0.25, 0.3) is 5.57 Å². The van der Waals surface area contributed by atoms with E-state index in [-0.39, 0.29) is 24.3 Å². The average molecular weight is 560 g/mol. The number of carbonyl (C=O) groups is 3. The molecule has 9 heteroatoms. The molecule has 0 aliphatic carbocycles. The Bertz CT molecular complexity index is 1440. The Morgan fingerprint density at radius 3 is 1.85 bits per heavy atom. The fraction of sp³-hybridized carbons (Fsp3) is 0.281. The molecule has 214 valence electrons. The zero-order valence-electron chi connectivity index (χ0n) is 23.8. The van der Waals surface area contributed by atoms with E-state index in [1.54, 1.807) is 60.7 Å². The second kappa shape index (κ2) is 13.0. The summed E-state index contributed by atoms with van der Waals surface area (Å²) in [6, 6.07) is 17.3. The topological polar surface area (TPSA) is 101 Å². The van der Waals surface area contributed by atoms with Crippen LogP contribution in [0.15, 0.2) is 66.2 Å². The Balaban J connectivity index is 1.99. The van der Waals surface area contributed by atoms with Crippen molar-refractivity contribution in [3.05, 3.63) is 82.9 Å². The summed E-state index contributed by atoms with van der Waals surface area (Å²) in [5.74, 6) is -0.0582. The molecule has 3 aromatic carbocycles. The smallest absolute Gasteiger partial charge is 0.336 e. The second-order valence-electron chi connectivity index (χ2n) is 9.22. The summed E-state index contributed by atoms with van der Waals surface area (Å²) in [5, 5.41) is 0. The van der Waals surface area contributed by atoms with Gasteiger partial charge in [0.25, 0.3) is 11.7 Å². The molecule has 9 nitrogen and oxygen atoms in total. The molecule has 1 aliphatic heterocycles. The molecule has 0 unspecified atom stereocenters. The first kappa shape index (κ1) is 29.2. The van der Waals surface area contributed by atoms with Crippen molar-refractivity contribution in [3.63, 3.8) is 0 Å². The molecule has 0 bridgehead atoms. The van der Waals surface area contributed by atoms with E-state index in [1.165, 1.54) is 33.3 Å². The zero-order chi connectivity index (χ0) is 29.5. The van der Waals surface area contributed by atoms with E-state index >= 15 is 0 Å². The van der Waals surface area contributed by atoms with Crippen LogP contribution in [0.1, 0.15) is 41.3 Å². The molecule has 1 amide bonds. The molecule has 1 aliphatic rings. The molecule has 0 atom stereocenters. The van der Waals surface area contributed by atoms with E-state index in [1.807, 2.05) is 6.92 Å². The van der Waals surface area contributed by atoms with Gasteiger partial charge in [0.2, 0.25) is 0 Å². The van der Waals surface area contributed by atoms with Crippen LogP contribution in [-0.4, -0.2) is 59.3 Å². The van der Waals surface area contributed by atoms with E-state index in [2.05, 4.69) is 0 Å². The van der Waals surface area contributed by atoms with Crippen molar-refractivity contribution in [3.8, 4) is 23.0 Å². The summed E-state index contributed by atoms with van der Waals surface area (Å²) in [6.45, 7) is 1.99. The number of benzene rings is 3. The number of amides is 1. The molecular weight excluding hydrogens is 526 g/mol. The molecule has 0 fully saturated rings. The number of hydrogen-bond donors (Lipinski definition) is 0. The molecule has 41 heavy (non-hydrogen) atoms. The number of fused-ring (bicyclic) bond motifs is 1. The minimum absolute atomic E-state index is 0.179. The number of Topliss-reactive ketones (excluding diaryl/α,β-unsaturated/α-hetero) is 1. The molecular formula is C32H33NO8. The lowest BCUT2D eigenvalue weighted by atomic mass is 9.91. The van der Waals surface area contributed by atoms with Gasteiger partial charge in [-0.15, -0.1) is 0 Å². The van der Waals surface area contributed by atoms with Crippen LogP contribution in [-0.2, 0) is 14.3 Å². The Morgan fingerprint density at radius 2 is 1.32 bits per heavy atom. The lowest BCUT2D eigenvalue weighted by molar-refractivity contribution is -0.139. The number of methoxy groups -OCH3 is 4. The van der Waals surface area contributed by atoms with Gasteiger partial charge in [0.1, 0.15) is 0 Å². The number of anilines is 1. The molecule has 0 radical (unpaired) electrons. The monoisotopic (exact) mass is 559 g/mol. The maximum Gasteiger partial charge on any atom is 0.336 e. The fourth-order valence-corrected chi connectivity index (χ4v) is 4.70. The summed E-state index contributed by atoms with van der Waals surface area (Å²) in [7, 11) is 6.11. The summed E-state index contributed by atoms with van der Waals surface area (Å²) >= 11 is 0. The standard InChI is InChI=1S/C32H33NO8/c1-6-7-16-41-32(36)23(19-33-24-11-9-8-10-22(24)30(34)31(33)35)29(20-12-14-25(37-2)27(17-20)39-4)21-13-15-26(38-3)28(18-21)40-5/h8-15,17-18H,6-7,16,19H2,1-5H3. The first-order chi connectivity index (χ1) is 19.9. The molecule has 4 rings (SSSR count). The van der Waals surface area contributed by atoms with Gasteiger partial charge >= 0.3 is 5.97 Å². The normalized spacial score (nSPS) is 12.1. The van der Waals surface area contributed by atoms with Crippen molar-refractivity contribution in [2.24, 2.45) is 0 Å². The Hall–Kier alpha value is -4.79. The average Bonchev–Trinajstić information content (AvgIpc) is 3.25. The summed E-state index contributed by atoms with van der Waals surface area (Å²) < 4.78 is 27.7. The number of hydrogen-bond acceptors (Lipinski definition) is 8. The number of para-hydroxylation sites is 1. The first-order valence-electron chi connectivity index (χ1n) is 13.2. The fourth-order valence-electron chi connectivity index (χ4n) is 4.70. The second-order valence-corrected chi connectivity index (χ2v) is 9.22. The number of nitrogens with zero attached hydrogens (tertiary/aromatic N) is 1. The predicted octanol–water partition coefficient (Wildman–Crippen LogP) is 5.10. The first-order valence-corrected chi connectivity index (χ1v) is 13.2. The van der Waals surface area contributed by atoms with Gasteiger partial charge < -0.3 is 28.6 Å². The Kier molecular flexibility index (Phi) is 9.29. The van der Waals surface area contributed by atoms with Crippen molar-refractivity contribution < 1.29 is 38.1 Å². The number of carbonyl (C=O) groups excluding carboxylic acids is 3. The molecule has 0 spiro atoms. The summed E-state index contributed by atoms with van der Waals surface area (Å²) in [5.41, 5.74) is 2.57. The van der Waals surface area contributed by atoms with Crippen molar-refractivity contribution in [1.29, 1.82) is 0 Å². The van der Waals surface area contributed by atoms with Crippen molar-refractivity contribution in [2.75, 3.05) is 46.5 Å². The van der Waals surface area contributed by atoms with Gasteiger partial charge in [0.15, 0.2) is 23.0 Å². The highest BCUT2D eigenvalue weighted by atomic mass is 16.5. The van der Waals surface area contributed by atoms with E-state index in [4.69, 9.17) is 23.7 Å². The largest absolute Gasteiger partial charge is 0.493 e. The minimum atomic E-state index is -0.718. The van der Waals surface area contributed by atoms with E-state index < -0.39 is 17.7 Å². The van der Waals surface area contributed by atoms with E-state index in [9.17, 15) is 14.4 Å². The third-order valence-corrected chi connectivity index (χ3v) is 6.82. The van der Waals surface area contributed by atoms with Crippen molar-refractivity contribution in [2.45, 2.75) is 19.8 Å².